The van der Waals surface area contributed by atoms with Crippen LogP contribution in [0.3, 0.4) is 0 Å². The fraction of sp³-hybridized carbons (Fsp3) is 0.667. The quantitative estimate of drug-likeness (QED) is 0.512. The lowest BCUT2D eigenvalue weighted by Gasteiger charge is -2.48. The van der Waals surface area contributed by atoms with Gasteiger partial charge in [-0.1, -0.05) is 6.08 Å². The predicted octanol–water partition coefficient (Wildman–Crippen LogP) is 1.72. The minimum atomic E-state index is -0.321. The van der Waals surface area contributed by atoms with Crippen LogP contribution in [0.4, 0.5) is 0 Å². The van der Waals surface area contributed by atoms with Gasteiger partial charge in [-0.3, -0.25) is 9.59 Å². The monoisotopic (exact) mass is 208 g/mol. The molecule has 3 aliphatic carbocycles. The molecule has 0 heterocycles. The lowest BCUT2D eigenvalue weighted by Crippen LogP contribution is -2.49. The molecule has 0 unspecified atom stereocenters. The first-order valence-electron chi connectivity index (χ1n) is 5.37. The Morgan fingerprint density at radius 3 is 2.93 bits per heavy atom. The van der Waals surface area contributed by atoms with E-state index in [0.717, 1.165) is 12.8 Å². The van der Waals surface area contributed by atoms with Crippen molar-refractivity contribution in [2.75, 3.05) is 7.11 Å². The maximum atomic E-state index is 11.7. The van der Waals surface area contributed by atoms with Crippen LogP contribution in [-0.4, -0.2) is 18.9 Å². The van der Waals surface area contributed by atoms with Crippen LogP contribution in [-0.2, 0) is 14.3 Å². The van der Waals surface area contributed by atoms with Gasteiger partial charge in [-0.15, -0.1) is 6.58 Å². The van der Waals surface area contributed by atoms with E-state index in [0.29, 0.717) is 18.6 Å². The third kappa shape index (κ3) is 1.41. The molecule has 0 radical (unpaired) electrons. The van der Waals surface area contributed by atoms with Crippen LogP contribution in [0, 0.1) is 17.3 Å². The second-order valence-corrected chi connectivity index (χ2v) is 4.63. The van der Waals surface area contributed by atoms with Crippen molar-refractivity contribution in [3.05, 3.63) is 12.7 Å². The Morgan fingerprint density at radius 2 is 2.40 bits per heavy atom. The van der Waals surface area contributed by atoms with Crippen molar-refractivity contribution in [1.82, 2.24) is 0 Å². The largest absolute Gasteiger partial charge is 0.469 e. The van der Waals surface area contributed by atoms with Crippen molar-refractivity contribution >= 4 is 11.8 Å². The topological polar surface area (TPSA) is 43.4 Å². The van der Waals surface area contributed by atoms with E-state index in [2.05, 4.69) is 6.58 Å². The number of hydrogen-bond donors (Lipinski definition) is 0. The molecule has 3 fully saturated rings. The van der Waals surface area contributed by atoms with Gasteiger partial charge in [0.2, 0.25) is 0 Å². The molecule has 3 nitrogen and oxygen atoms in total. The Labute approximate surface area is 89.5 Å². The Bertz CT molecular complexity index is 321. The molecule has 82 valence electrons. The number of ketones is 1. The minimum Gasteiger partial charge on any atom is -0.469 e. The smallest absolute Gasteiger partial charge is 0.309 e. The normalized spacial score (nSPS) is 38.9. The zero-order valence-electron chi connectivity index (χ0n) is 8.99. The molecule has 0 amide bonds. The molecular weight excluding hydrogens is 192 g/mol. The van der Waals surface area contributed by atoms with Crippen LogP contribution in [0.15, 0.2) is 12.7 Å². The molecule has 15 heavy (non-hydrogen) atoms. The number of Topliss-reactive ketones (excluding diaryl/α,β-unsaturated/α-hetero) is 1. The zero-order chi connectivity index (χ0) is 11.1. The maximum absolute atomic E-state index is 11.7. The van der Waals surface area contributed by atoms with Crippen molar-refractivity contribution < 1.29 is 14.3 Å². The molecular formula is C12H16O3. The number of esters is 1. The van der Waals surface area contributed by atoms with E-state index in [9.17, 15) is 9.59 Å². The fourth-order valence-electron chi connectivity index (χ4n) is 3.02. The highest BCUT2D eigenvalue weighted by atomic mass is 16.5. The van der Waals surface area contributed by atoms with Gasteiger partial charge in [-0.2, -0.15) is 0 Å². The molecule has 3 aliphatic rings. The van der Waals surface area contributed by atoms with Crippen molar-refractivity contribution in [1.29, 1.82) is 0 Å². The SMILES string of the molecule is C=C[C@@]12CC[C@@H](C[C@@H]1C(=O)OC)C(=O)C2. The Balaban J connectivity index is 2.31. The molecule has 0 aromatic rings. The summed E-state index contributed by atoms with van der Waals surface area (Å²) in [5.41, 5.74) is -0.321. The van der Waals surface area contributed by atoms with Crippen LogP contribution in [0.25, 0.3) is 0 Å². The van der Waals surface area contributed by atoms with Crippen LogP contribution in [0.2, 0.25) is 0 Å². The summed E-state index contributed by atoms with van der Waals surface area (Å²) in [5, 5.41) is 0. The Morgan fingerprint density at radius 1 is 1.67 bits per heavy atom. The van der Waals surface area contributed by atoms with E-state index in [-0.39, 0.29) is 23.2 Å². The third-order valence-corrected chi connectivity index (χ3v) is 4.02. The number of carbonyl (C=O) groups excluding carboxylic acids is 2. The van der Waals surface area contributed by atoms with Gasteiger partial charge in [-0.25, -0.2) is 0 Å². The van der Waals surface area contributed by atoms with Gasteiger partial charge in [0.05, 0.1) is 13.0 Å². The number of ether oxygens (including phenoxy) is 1. The van der Waals surface area contributed by atoms with Gasteiger partial charge >= 0.3 is 5.97 Å². The summed E-state index contributed by atoms with van der Waals surface area (Å²) in [7, 11) is 1.41. The van der Waals surface area contributed by atoms with Crippen molar-refractivity contribution in [2.24, 2.45) is 17.3 Å². The van der Waals surface area contributed by atoms with Crippen molar-refractivity contribution in [2.45, 2.75) is 25.7 Å². The molecule has 3 heteroatoms. The van der Waals surface area contributed by atoms with Gasteiger partial charge in [0, 0.05) is 17.8 Å². The summed E-state index contributed by atoms with van der Waals surface area (Å²) in [6.07, 6.45) is 4.71. The van der Waals surface area contributed by atoms with Gasteiger partial charge < -0.3 is 4.74 Å². The number of carbonyl (C=O) groups is 2. The Hall–Kier alpha value is -1.12. The number of hydrogen-bond acceptors (Lipinski definition) is 3. The highest BCUT2D eigenvalue weighted by Gasteiger charge is 2.53. The fourth-order valence-corrected chi connectivity index (χ4v) is 3.02. The maximum Gasteiger partial charge on any atom is 0.309 e. The molecule has 0 aliphatic heterocycles. The van der Waals surface area contributed by atoms with E-state index in [1.165, 1.54) is 7.11 Å². The Kier molecular flexibility index (Phi) is 2.41. The van der Waals surface area contributed by atoms with Crippen molar-refractivity contribution in [3.63, 3.8) is 0 Å². The molecule has 3 saturated carbocycles. The number of fused-ring (bicyclic) bond motifs is 3. The second kappa shape index (κ2) is 3.47. The third-order valence-electron chi connectivity index (χ3n) is 4.02. The van der Waals surface area contributed by atoms with E-state index in [1.807, 2.05) is 0 Å². The molecule has 3 atom stereocenters. The lowest BCUT2D eigenvalue weighted by molar-refractivity contribution is -0.158. The molecule has 0 spiro atoms. The first-order chi connectivity index (χ1) is 7.13. The van der Waals surface area contributed by atoms with E-state index >= 15 is 0 Å². The van der Waals surface area contributed by atoms with E-state index in [4.69, 9.17) is 4.74 Å². The summed E-state index contributed by atoms with van der Waals surface area (Å²) in [6.45, 7) is 3.79. The molecule has 0 N–H and O–H groups in total. The van der Waals surface area contributed by atoms with Crippen LogP contribution >= 0.6 is 0 Å². The highest BCUT2D eigenvalue weighted by Crippen LogP contribution is 2.53. The molecule has 0 saturated heterocycles. The minimum absolute atomic E-state index is 0.0796. The molecule has 0 aromatic heterocycles. The van der Waals surface area contributed by atoms with Crippen molar-refractivity contribution in [3.8, 4) is 0 Å². The van der Waals surface area contributed by atoms with Crippen LogP contribution < -0.4 is 0 Å². The first kappa shape index (κ1) is 10.4. The molecule has 3 rings (SSSR count). The molecule has 2 bridgehead atoms. The predicted molar refractivity (Wildman–Crippen MR) is 55.1 cm³/mol. The van der Waals surface area contributed by atoms with Crippen LogP contribution in [0.1, 0.15) is 25.7 Å². The highest BCUT2D eigenvalue weighted by molar-refractivity contribution is 5.87. The standard InChI is InChI=1S/C12H16O3/c1-3-12-5-4-8(10(13)7-12)6-9(12)11(14)15-2/h3,8-9H,1,4-7H2,2H3/t8-,9+,12-/m0/s1. The number of rotatable bonds is 2. The van der Waals surface area contributed by atoms with Gasteiger partial charge in [0.15, 0.2) is 0 Å². The summed E-state index contributed by atoms with van der Waals surface area (Å²) in [5.74, 6) is 0.0285. The van der Waals surface area contributed by atoms with E-state index < -0.39 is 0 Å². The summed E-state index contributed by atoms with van der Waals surface area (Å²) in [6, 6.07) is 0. The number of methoxy groups -OCH3 is 1. The number of allylic oxidation sites excluding steroid dienone is 1. The summed E-state index contributed by atoms with van der Waals surface area (Å²) < 4.78 is 4.81. The first-order valence-corrected chi connectivity index (χ1v) is 5.37. The van der Waals surface area contributed by atoms with Gasteiger partial charge in [0.25, 0.3) is 0 Å². The van der Waals surface area contributed by atoms with E-state index in [1.54, 1.807) is 6.08 Å². The average Bonchev–Trinajstić information content (AvgIpc) is 2.28. The summed E-state index contributed by atoms with van der Waals surface area (Å²) >= 11 is 0. The second-order valence-electron chi connectivity index (χ2n) is 4.63. The van der Waals surface area contributed by atoms with Gasteiger partial charge in [-0.05, 0) is 19.3 Å². The van der Waals surface area contributed by atoms with Gasteiger partial charge in [0.1, 0.15) is 5.78 Å². The zero-order valence-corrected chi connectivity index (χ0v) is 8.99. The summed E-state index contributed by atoms with van der Waals surface area (Å²) in [4.78, 5) is 23.3. The molecule has 0 aromatic carbocycles. The van der Waals surface area contributed by atoms with Crippen LogP contribution in [0.5, 0.6) is 0 Å². The lowest BCUT2D eigenvalue weighted by atomic mass is 9.54. The average molecular weight is 208 g/mol.